The fourth-order valence-corrected chi connectivity index (χ4v) is 3.35. The van der Waals surface area contributed by atoms with Crippen LogP contribution in [0.4, 0.5) is 0 Å². The number of rotatable bonds is 3. The molecule has 0 amide bonds. The van der Waals surface area contributed by atoms with E-state index in [0.717, 1.165) is 18.2 Å². The minimum atomic E-state index is -1.63. The van der Waals surface area contributed by atoms with E-state index in [1.54, 1.807) is 0 Å². The lowest BCUT2D eigenvalue weighted by Crippen LogP contribution is -2.53. The van der Waals surface area contributed by atoms with Crippen molar-refractivity contribution in [3.05, 3.63) is 58.8 Å². The topological polar surface area (TPSA) is 190 Å². The van der Waals surface area contributed by atoms with E-state index in [-0.39, 0.29) is 40.8 Å². The van der Waals surface area contributed by atoms with Gasteiger partial charge < -0.3 is 55.1 Å². The zero-order valence-corrected chi connectivity index (χ0v) is 15.8. The van der Waals surface area contributed by atoms with Gasteiger partial charge in [-0.3, -0.25) is 0 Å². The van der Waals surface area contributed by atoms with Gasteiger partial charge in [0, 0.05) is 23.3 Å². The van der Waals surface area contributed by atoms with Gasteiger partial charge in [-0.2, -0.15) is 0 Å². The van der Waals surface area contributed by atoms with Crippen LogP contribution in [0.15, 0.2) is 53.2 Å². The Morgan fingerprint density at radius 1 is 0.903 bits per heavy atom. The van der Waals surface area contributed by atoms with Crippen LogP contribution < -0.4 is 0 Å². The number of aromatic hydroxyl groups is 3. The minimum Gasteiger partial charge on any atom is -0.508 e. The lowest BCUT2D eigenvalue weighted by molar-refractivity contribution is -0.257. The van der Waals surface area contributed by atoms with E-state index in [2.05, 4.69) is 0 Å². The second-order valence-electron chi connectivity index (χ2n) is 7.18. The number of aliphatic hydroxyl groups excluding tert-OH is 5. The summed E-state index contributed by atoms with van der Waals surface area (Å²) in [7, 11) is 0. The molecule has 0 saturated carbocycles. The average Bonchev–Trinajstić information content (AvgIpc) is 2.72. The van der Waals surface area contributed by atoms with Gasteiger partial charge in [-0.25, -0.2) is 0 Å². The maximum absolute atomic E-state index is 10.2. The van der Waals surface area contributed by atoms with Crippen LogP contribution >= 0.6 is 0 Å². The van der Waals surface area contributed by atoms with Crippen molar-refractivity contribution < 1.29 is 55.1 Å². The number of phenols is 3. The van der Waals surface area contributed by atoms with Gasteiger partial charge in [0.1, 0.15) is 35.9 Å². The maximum Gasteiger partial charge on any atom is 0.229 e. The highest BCUT2D eigenvalue weighted by atomic mass is 16.7. The van der Waals surface area contributed by atoms with E-state index < -0.39 is 48.0 Å². The molecule has 0 spiro atoms. The van der Waals surface area contributed by atoms with E-state index in [0.29, 0.717) is 0 Å². The molecule has 11 heteroatoms. The van der Waals surface area contributed by atoms with E-state index in [9.17, 15) is 40.9 Å². The third-order valence-electron chi connectivity index (χ3n) is 4.99. The molecule has 1 aromatic carbocycles. The van der Waals surface area contributed by atoms with Crippen LogP contribution in [0.25, 0.3) is 5.76 Å². The molecule has 8 N–H and O–H groups in total. The summed E-state index contributed by atoms with van der Waals surface area (Å²) in [5, 5.41) is 79.0. The van der Waals surface area contributed by atoms with Gasteiger partial charge in [0.2, 0.25) is 6.29 Å². The summed E-state index contributed by atoms with van der Waals surface area (Å²) in [5.74, 6) is -2.87. The predicted octanol–water partition coefficient (Wildman–Crippen LogP) is 0.150. The summed E-state index contributed by atoms with van der Waals surface area (Å²) in [5.41, 5.74) is 0.237. The van der Waals surface area contributed by atoms with Crippen molar-refractivity contribution in [1.82, 2.24) is 0 Å². The van der Waals surface area contributed by atoms with Gasteiger partial charge in [-0.05, 0) is 18.2 Å². The molecular formula is C20H20O11. The zero-order chi connectivity index (χ0) is 22.4. The van der Waals surface area contributed by atoms with Gasteiger partial charge in [0.15, 0.2) is 28.8 Å². The molecule has 1 fully saturated rings. The van der Waals surface area contributed by atoms with Crippen molar-refractivity contribution in [2.24, 2.45) is 0 Å². The number of aliphatic hydroxyl groups is 5. The number of benzene rings is 1. The van der Waals surface area contributed by atoms with E-state index in [4.69, 9.17) is 14.2 Å². The first-order valence-electron chi connectivity index (χ1n) is 9.17. The molecule has 0 bridgehead atoms. The summed E-state index contributed by atoms with van der Waals surface area (Å²) in [6.07, 6.45) is -3.20. The molecule has 11 nitrogen and oxygen atoms in total. The Balaban J connectivity index is 1.78. The Morgan fingerprint density at radius 3 is 2.26 bits per heavy atom. The molecule has 5 unspecified atom stereocenters. The normalized spacial score (nSPS) is 30.5. The van der Waals surface area contributed by atoms with Crippen LogP contribution in [-0.2, 0) is 14.2 Å². The first-order chi connectivity index (χ1) is 14.7. The van der Waals surface area contributed by atoms with Crippen molar-refractivity contribution in [2.75, 3.05) is 6.61 Å². The van der Waals surface area contributed by atoms with Crippen LogP contribution in [0.3, 0.4) is 0 Å². The summed E-state index contributed by atoms with van der Waals surface area (Å²) in [6.45, 7) is -0.325. The van der Waals surface area contributed by atoms with Gasteiger partial charge in [0.25, 0.3) is 0 Å². The zero-order valence-electron chi connectivity index (χ0n) is 15.8. The lowest BCUT2D eigenvalue weighted by Gasteiger charge is -2.36. The third kappa shape index (κ3) is 3.75. The van der Waals surface area contributed by atoms with Crippen LogP contribution in [-0.4, -0.2) is 78.2 Å². The molecule has 1 aromatic rings. The number of phenolic OH excluding ortho intramolecular Hbond substituents is 3. The van der Waals surface area contributed by atoms with Gasteiger partial charge in [-0.1, -0.05) is 0 Å². The number of ether oxygens (including phenoxy) is 3. The molecule has 3 aliphatic rings. The lowest BCUT2D eigenvalue weighted by atomic mass is 9.97. The van der Waals surface area contributed by atoms with Crippen LogP contribution in [0.2, 0.25) is 0 Å². The Hall–Kier alpha value is -3.38. The monoisotopic (exact) mass is 436 g/mol. The fourth-order valence-electron chi connectivity index (χ4n) is 3.35. The van der Waals surface area contributed by atoms with Crippen LogP contribution in [0.5, 0.6) is 17.2 Å². The SMILES string of the molecule is OC1=CC2OC(c3cc(O)c(O)c(O)c3)=C(OC3OCC(O)C(O)C3O)C=C2C(O)=C1. The average molecular weight is 436 g/mol. The number of allylic oxidation sites excluding steroid dienone is 2. The molecular weight excluding hydrogens is 416 g/mol. The van der Waals surface area contributed by atoms with Crippen molar-refractivity contribution in [2.45, 2.75) is 30.7 Å². The maximum atomic E-state index is 10.2. The summed E-state index contributed by atoms with van der Waals surface area (Å²) in [6, 6.07) is 2.15. The molecule has 2 heterocycles. The Kier molecular flexibility index (Phi) is 5.19. The molecule has 1 aliphatic carbocycles. The molecule has 1 saturated heterocycles. The standard InChI is InChI=1S/C20H20O11/c21-8-3-10(22)9-5-15(31-20-18(28)17(27)13(25)6-29-20)19(30-14(9)4-8)7-1-11(23)16(26)12(24)2-7/h1-5,13-14,17-18,20-28H,6H2. The minimum absolute atomic E-state index is 0.0471. The number of hydrogen-bond donors (Lipinski definition) is 8. The van der Waals surface area contributed by atoms with Crippen molar-refractivity contribution in [1.29, 1.82) is 0 Å². The molecule has 0 aromatic heterocycles. The summed E-state index contributed by atoms with van der Waals surface area (Å²) in [4.78, 5) is 0. The predicted molar refractivity (Wildman–Crippen MR) is 102 cm³/mol. The smallest absolute Gasteiger partial charge is 0.229 e. The first-order valence-corrected chi connectivity index (χ1v) is 9.17. The highest BCUT2D eigenvalue weighted by molar-refractivity contribution is 5.72. The molecule has 4 rings (SSSR count). The highest BCUT2D eigenvalue weighted by Gasteiger charge is 2.40. The third-order valence-corrected chi connectivity index (χ3v) is 4.99. The second-order valence-corrected chi connectivity index (χ2v) is 7.18. The largest absolute Gasteiger partial charge is 0.508 e. The highest BCUT2D eigenvalue weighted by Crippen LogP contribution is 2.42. The second kappa shape index (κ2) is 7.71. The number of hydrogen-bond acceptors (Lipinski definition) is 11. The van der Waals surface area contributed by atoms with Gasteiger partial charge >= 0.3 is 0 Å². The molecule has 166 valence electrons. The Bertz CT molecular complexity index is 999. The van der Waals surface area contributed by atoms with Crippen molar-refractivity contribution >= 4 is 5.76 Å². The van der Waals surface area contributed by atoms with Gasteiger partial charge in [-0.15, -0.1) is 0 Å². The first kappa shape index (κ1) is 20.9. The van der Waals surface area contributed by atoms with Gasteiger partial charge in [0.05, 0.1) is 6.61 Å². The molecule has 0 radical (unpaired) electrons. The summed E-state index contributed by atoms with van der Waals surface area (Å²) >= 11 is 0. The van der Waals surface area contributed by atoms with Crippen molar-refractivity contribution in [3.63, 3.8) is 0 Å². The van der Waals surface area contributed by atoms with Crippen LogP contribution in [0.1, 0.15) is 5.56 Å². The molecule has 2 aliphatic heterocycles. The van der Waals surface area contributed by atoms with E-state index in [1.165, 1.54) is 12.2 Å². The molecule has 5 atom stereocenters. The quantitative estimate of drug-likeness (QED) is 0.301. The Morgan fingerprint density at radius 2 is 1.58 bits per heavy atom. The molecule has 31 heavy (non-hydrogen) atoms. The van der Waals surface area contributed by atoms with E-state index >= 15 is 0 Å². The summed E-state index contributed by atoms with van der Waals surface area (Å²) < 4.78 is 16.7. The number of fused-ring (bicyclic) bond motifs is 1. The Labute approximate surface area is 174 Å². The fraction of sp³-hybridized carbons (Fsp3) is 0.300. The van der Waals surface area contributed by atoms with Crippen molar-refractivity contribution in [3.8, 4) is 17.2 Å². The van der Waals surface area contributed by atoms with Crippen LogP contribution in [0, 0.1) is 0 Å². The van der Waals surface area contributed by atoms with E-state index in [1.807, 2.05) is 0 Å².